The number of anilines is 2. The molecule has 3 heterocycles. The molecule has 1 aromatic carbocycles. The third-order valence-corrected chi connectivity index (χ3v) is 5.46. The maximum atomic E-state index is 12.7. The molecule has 6 nitrogen and oxygen atoms in total. The number of carbonyl (C=O) groups is 1. The average molecular weight is 365 g/mol. The van der Waals surface area contributed by atoms with Crippen LogP contribution in [0, 0.1) is 6.92 Å². The third-order valence-electron chi connectivity index (χ3n) is 5.46. The molecule has 142 valence electrons. The number of amides is 1. The molecule has 2 saturated heterocycles. The van der Waals surface area contributed by atoms with Crippen LogP contribution in [0.15, 0.2) is 36.5 Å². The molecule has 0 unspecified atom stereocenters. The second-order valence-electron chi connectivity index (χ2n) is 7.41. The van der Waals surface area contributed by atoms with Gasteiger partial charge in [0.05, 0.1) is 0 Å². The van der Waals surface area contributed by atoms with E-state index in [-0.39, 0.29) is 5.91 Å². The first-order valence-corrected chi connectivity index (χ1v) is 9.89. The molecule has 0 spiro atoms. The second kappa shape index (κ2) is 7.94. The van der Waals surface area contributed by atoms with Gasteiger partial charge in [-0.15, -0.1) is 0 Å². The van der Waals surface area contributed by atoms with Gasteiger partial charge in [-0.1, -0.05) is 17.7 Å². The molecular weight excluding hydrogens is 338 g/mol. The number of aryl methyl sites for hydroxylation is 1. The first-order chi connectivity index (χ1) is 13.2. The van der Waals surface area contributed by atoms with Gasteiger partial charge in [0, 0.05) is 51.0 Å². The monoisotopic (exact) mass is 365 g/mol. The largest absolute Gasteiger partial charge is 0.353 e. The molecule has 0 aliphatic carbocycles. The lowest BCUT2D eigenvalue weighted by Crippen LogP contribution is -2.49. The Morgan fingerprint density at radius 3 is 2.26 bits per heavy atom. The zero-order valence-electron chi connectivity index (χ0n) is 16.0. The van der Waals surface area contributed by atoms with Crippen molar-refractivity contribution < 1.29 is 4.79 Å². The second-order valence-corrected chi connectivity index (χ2v) is 7.41. The van der Waals surface area contributed by atoms with E-state index in [0.29, 0.717) is 0 Å². The highest BCUT2D eigenvalue weighted by Crippen LogP contribution is 2.20. The van der Waals surface area contributed by atoms with Crippen molar-refractivity contribution >= 4 is 17.7 Å². The molecule has 4 rings (SSSR count). The van der Waals surface area contributed by atoms with Crippen LogP contribution in [-0.4, -0.2) is 60.0 Å². The number of rotatable bonds is 3. The van der Waals surface area contributed by atoms with Crippen LogP contribution in [0.25, 0.3) is 0 Å². The zero-order chi connectivity index (χ0) is 18.6. The molecule has 0 bridgehead atoms. The summed E-state index contributed by atoms with van der Waals surface area (Å²) in [6.07, 6.45) is 5.59. The normalized spacial score (nSPS) is 17.9. The number of hydrogen-bond donors (Lipinski definition) is 0. The SMILES string of the molecule is Cc1ccc(C(=O)N2CCN(c3ccnc(N4CCCCC4)n3)CC2)cc1. The van der Waals surface area contributed by atoms with Crippen LogP contribution in [0.2, 0.25) is 0 Å². The molecule has 2 aromatic rings. The Hall–Kier alpha value is -2.63. The van der Waals surface area contributed by atoms with Crippen molar-refractivity contribution in [2.24, 2.45) is 0 Å². The topological polar surface area (TPSA) is 52.6 Å². The Morgan fingerprint density at radius 1 is 0.852 bits per heavy atom. The average Bonchev–Trinajstić information content (AvgIpc) is 2.75. The molecule has 2 fully saturated rings. The standard InChI is InChI=1S/C21H27N5O/c1-17-5-7-18(8-6-17)20(27)25-15-13-24(14-16-25)19-9-10-22-21(23-19)26-11-3-2-4-12-26/h5-10H,2-4,11-16H2,1H3. The van der Waals surface area contributed by atoms with E-state index >= 15 is 0 Å². The number of benzene rings is 1. The van der Waals surface area contributed by atoms with E-state index in [2.05, 4.69) is 14.8 Å². The predicted octanol–water partition coefficient (Wildman–Crippen LogP) is 2.74. The summed E-state index contributed by atoms with van der Waals surface area (Å²) in [7, 11) is 0. The molecule has 0 radical (unpaired) electrons. The number of piperidine rings is 1. The van der Waals surface area contributed by atoms with Gasteiger partial charge in [-0.3, -0.25) is 4.79 Å². The maximum absolute atomic E-state index is 12.7. The minimum atomic E-state index is 0.117. The molecule has 6 heteroatoms. The molecular formula is C21H27N5O. The van der Waals surface area contributed by atoms with Crippen LogP contribution in [-0.2, 0) is 0 Å². The molecule has 0 saturated carbocycles. The maximum Gasteiger partial charge on any atom is 0.253 e. The summed E-state index contributed by atoms with van der Waals surface area (Å²) in [6.45, 7) is 7.16. The molecule has 2 aliphatic rings. The zero-order valence-corrected chi connectivity index (χ0v) is 16.0. The van der Waals surface area contributed by atoms with Crippen molar-refractivity contribution in [3.8, 4) is 0 Å². The fourth-order valence-corrected chi connectivity index (χ4v) is 3.78. The van der Waals surface area contributed by atoms with Crippen molar-refractivity contribution in [3.05, 3.63) is 47.7 Å². The van der Waals surface area contributed by atoms with E-state index in [1.54, 1.807) is 0 Å². The van der Waals surface area contributed by atoms with Crippen LogP contribution >= 0.6 is 0 Å². The van der Waals surface area contributed by atoms with Gasteiger partial charge in [-0.2, -0.15) is 4.98 Å². The lowest BCUT2D eigenvalue weighted by atomic mass is 10.1. The van der Waals surface area contributed by atoms with E-state index in [9.17, 15) is 4.79 Å². The highest BCUT2D eigenvalue weighted by atomic mass is 16.2. The molecule has 1 aromatic heterocycles. The van der Waals surface area contributed by atoms with Crippen molar-refractivity contribution in [2.45, 2.75) is 26.2 Å². The number of aromatic nitrogens is 2. The quantitative estimate of drug-likeness (QED) is 0.837. The number of nitrogens with zero attached hydrogens (tertiary/aromatic N) is 5. The van der Waals surface area contributed by atoms with Crippen molar-refractivity contribution in [2.75, 3.05) is 49.1 Å². The minimum absolute atomic E-state index is 0.117. The van der Waals surface area contributed by atoms with Crippen LogP contribution < -0.4 is 9.80 Å². The summed E-state index contributed by atoms with van der Waals surface area (Å²) in [6, 6.07) is 9.79. The fourth-order valence-electron chi connectivity index (χ4n) is 3.78. The van der Waals surface area contributed by atoms with E-state index in [0.717, 1.165) is 56.6 Å². The summed E-state index contributed by atoms with van der Waals surface area (Å²) in [5.74, 6) is 1.92. The van der Waals surface area contributed by atoms with Gasteiger partial charge >= 0.3 is 0 Å². The number of hydrogen-bond acceptors (Lipinski definition) is 5. The van der Waals surface area contributed by atoms with Gasteiger partial charge in [0.2, 0.25) is 5.95 Å². The summed E-state index contributed by atoms with van der Waals surface area (Å²) in [4.78, 5) is 28.4. The smallest absolute Gasteiger partial charge is 0.253 e. The predicted molar refractivity (Wildman–Crippen MR) is 107 cm³/mol. The Morgan fingerprint density at radius 2 is 1.56 bits per heavy atom. The Kier molecular flexibility index (Phi) is 5.23. The molecule has 1 amide bonds. The van der Waals surface area contributed by atoms with Gasteiger partial charge in [0.1, 0.15) is 5.82 Å². The van der Waals surface area contributed by atoms with E-state index in [1.165, 1.54) is 24.8 Å². The molecule has 0 atom stereocenters. The summed E-state index contributed by atoms with van der Waals surface area (Å²) >= 11 is 0. The third kappa shape index (κ3) is 4.04. The number of piperazine rings is 1. The van der Waals surface area contributed by atoms with Gasteiger partial charge in [-0.05, 0) is 44.4 Å². The Labute approximate surface area is 160 Å². The van der Waals surface area contributed by atoms with Crippen LogP contribution in [0.4, 0.5) is 11.8 Å². The van der Waals surface area contributed by atoms with E-state index in [1.807, 2.05) is 48.4 Å². The van der Waals surface area contributed by atoms with Crippen molar-refractivity contribution in [3.63, 3.8) is 0 Å². The Bertz CT molecular complexity index is 777. The molecule has 27 heavy (non-hydrogen) atoms. The van der Waals surface area contributed by atoms with Crippen molar-refractivity contribution in [1.29, 1.82) is 0 Å². The Balaban J connectivity index is 1.39. The fraction of sp³-hybridized carbons (Fsp3) is 0.476. The van der Waals surface area contributed by atoms with Crippen LogP contribution in [0.1, 0.15) is 35.2 Å². The van der Waals surface area contributed by atoms with Crippen LogP contribution in [0.5, 0.6) is 0 Å². The summed E-state index contributed by atoms with van der Waals surface area (Å²) in [5, 5.41) is 0. The van der Waals surface area contributed by atoms with E-state index < -0.39 is 0 Å². The number of carbonyl (C=O) groups excluding carboxylic acids is 1. The van der Waals surface area contributed by atoms with E-state index in [4.69, 9.17) is 4.98 Å². The van der Waals surface area contributed by atoms with Gasteiger partial charge in [0.25, 0.3) is 5.91 Å². The molecule has 2 aliphatic heterocycles. The lowest BCUT2D eigenvalue weighted by molar-refractivity contribution is 0.0746. The highest BCUT2D eigenvalue weighted by Gasteiger charge is 2.23. The highest BCUT2D eigenvalue weighted by molar-refractivity contribution is 5.94. The summed E-state index contributed by atoms with van der Waals surface area (Å²) in [5.41, 5.74) is 1.94. The van der Waals surface area contributed by atoms with Gasteiger partial charge in [-0.25, -0.2) is 4.98 Å². The minimum Gasteiger partial charge on any atom is -0.353 e. The first-order valence-electron chi connectivity index (χ1n) is 9.89. The summed E-state index contributed by atoms with van der Waals surface area (Å²) < 4.78 is 0. The van der Waals surface area contributed by atoms with Crippen LogP contribution in [0.3, 0.4) is 0 Å². The lowest BCUT2D eigenvalue weighted by Gasteiger charge is -2.36. The van der Waals surface area contributed by atoms with Gasteiger partial charge in [0.15, 0.2) is 0 Å². The van der Waals surface area contributed by atoms with Gasteiger partial charge < -0.3 is 14.7 Å². The van der Waals surface area contributed by atoms with Crippen molar-refractivity contribution in [1.82, 2.24) is 14.9 Å². The molecule has 0 N–H and O–H groups in total. The first kappa shape index (κ1) is 17.8.